The molecule has 0 spiro atoms. The zero-order valence-electron chi connectivity index (χ0n) is 11.4. The maximum Gasteiger partial charge on any atom is 0.137 e. The number of nitrogens with two attached hydrogens (primary N) is 1. The summed E-state index contributed by atoms with van der Waals surface area (Å²) in [6.45, 7) is 2.02. The van der Waals surface area contributed by atoms with Gasteiger partial charge in [-0.3, -0.25) is 5.84 Å². The minimum atomic E-state index is -0.402. The average molecular weight is 349 g/mol. The van der Waals surface area contributed by atoms with Crippen molar-refractivity contribution < 1.29 is 8.81 Å². The largest absolute Gasteiger partial charge is 0.459 e. The Labute approximate surface area is 130 Å². The van der Waals surface area contributed by atoms with Gasteiger partial charge in [-0.25, -0.2) is 9.82 Å². The lowest BCUT2D eigenvalue weighted by Crippen LogP contribution is -2.28. The summed E-state index contributed by atoms with van der Waals surface area (Å²) in [7, 11) is 0. The summed E-state index contributed by atoms with van der Waals surface area (Å²) in [5, 5.41) is 1.00. The summed E-state index contributed by atoms with van der Waals surface area (Å²) in [6, 6.07) is 12.4. The first-order valence-electron chi connectivity index (χ1n) is 6.49. The first kappa shape index (κ1) is 14.3. The molecule has 0 aliphatic carbocycles. The van der Waals surface area contributed by atoms with Crippen molar-refractivity contribution in [2.75, 3.05) is 0 Å². The molecule has 1 aromatic heterocycles. The summed E-state index contributed by atoms with van der Waals surface area (Å²) >= 11 is 3.14. The quantitative estimate of drug-likeness (QED) is 0.551. The second-order valence-corrected chi connectivity index (χ2v) is 5.82. The fraction of sp³-hybridized carbons (Fsp3) is 0.125. The van der Waals surface area contributed by atoms with Crippen LogP contribution in [-0.4, -0.2) is 0 Å². The molecule has 0 saturated heterocycles. The molecule has 0 aliphatic heterocycles. The highest BCUT2D eigenvalue weighted by Crippen LogP contribution is 2.30. The molecule has 1 heterocycles. The molecule has 21 heavy (non-hydrogen) atoms. The Morgan fingerprint density at radius 3 is 2.71 bits per heavy atom. The number of halogens is 2. The van der Waals surface area contributed by atoms with Crippen molar-refractivity contribution in [3.8, 4) is 0 Å². The summed E-state index contributed by atoms with van der Waals surface area (Å²) in [6.07, 6.45) is 0. The van der Waals surface area contributed by atoms with Crippen LogP contribution in [0.3, 0.4) is 0 Å². The van der Waals surface area contributed by atoms with E-state index >= 15 is 0 Å². The van der Waals surface area contributed by atoms with Gasteiger partial charge < -0.3 is 4.42 Å². The Kier molecular flexibility index (Phi) is 3.80. The lowest BCUT2D eigenvalue weighted by atomic mass is 10.0. The highest BCUT2D eigenvalue weighted by Gasteiger charge is 2.18. The van der Waals surface area contributed by atoms with Crippen LogP contribution in [0.25, 0.3) is 11.0 Å². The zero-order valence-corrected chi connectivity index (χ0v) is 12.9. The van der Waals surface area contributed by atoms with Crippen LogP contribution in [0.4, 0.5) is 4.39 Å². The van der Waals surface area contributed by atoms with Gasteiger partial charge in [-0.2, -0.15) is 0 Å². The maximum absolute atomic E-state index is 13.7. The van der Waals surface area contributed by atoms with Crippen LogP contribution < -0.4 is 11.3 Å². The molecule has 0 fully saturated rings. The molecule has 2 aromatic carbocycles. The van der Waals surface area contributed by atoms with Crippen LogP contribution in [0.1, 0.15) is 22.9 Å². The lowest BCUT2D eigenvalue weighted by molar-refractivity contribution is 0.475. The van der Waals surface area contributed by atoms with E-state index < -0.39 is 6.04 Å². The van der Waals surface area contributed by atoms with Crippen LogP contribution in [0.2, 0.25) is 0 Å². The third-order valence-corrected chi connectivity index (χ3v) is 4.06. The van der Waals surface area contributed by atoms with Gasteiger partial charge in [0.1, 0.15) is 23.2 Å². The van der Waals surface area contributed by atoms with Gasteiger partial charge in [-0.15, -0.1) is 0 Å². The Hall–Kier alpha value is -1.69. The number of nitrogens with one attached hydrogen (secondary N) is 1. The minimum absolute atomic E-state index is 0.334. The van der Waals surface area contributed by atoms with E-state index in [4.69, 9.17) is 10.3 Å². The number of hydrogen-bond donors (Lipinski definition) is 2. The number of furan rings is 1. The molecule has 0 saturated carbocycles. The number of rotatable bonds is 3. The van der Waals surface area contributed by atoms with Crippen molar-refractivity contribution in [1.82, 2.24) is 5.43 Å². The van der Waals surface area contributed by atoms with E-state index in [0.29, 0.717) is 15.8 Å². The van der Waals surface area contributed by atoms with E-state index in [1.807, 2.05) is 31.2 Å². The Bertz CT molecular complexity index is 800. The van der Waals surface area contributed by atoms with Crippen molar-refractivity contribution >= 4 is 26.9 Å². The van der Waals surface area contributed by atoms with E-state index in [1.54, 1.807) is 12.1 Å². The monoisotopic (exact) mass is 348 g/mol. The molecule has 3 rings (SSSR count). The highest BCUT2D eigenvalue weighted by atomic mass is 79.9. The van der Waals surface area contributed by atoms with Crippen LogP contribution >= 0.6 is 15.9 Å². The predicted molar refractivity (Wildman–Crippen MR) is 84.2 cm³/mol. The fourth-order valence-corrected chi connectivity index (χ4v) is 2.61. The Balaban J connectivity index is 2.06. The molecule has 0 radical (unpaired) electrons. The molecular formula is C16H14BrFN2O. The molecule has 1 atom stereocenters. The average Bonchev–Trinajstić information content (AvgIpc) is 2.86. The molecule has 1 unspecified atom stereocenters. The molecule has 0 aliphatic rings. The number of hydrazine groups is 1. The minimum Gasteiger partial charge on any atom is -0.459 e. The van der Waals surface area contributed by atoms with Crippen molar-refractivity contribution in [2.24, 2.45) is 5.84 Å². The van der Waals surface area contributed by atoms with Gasteiger partial charge in [0.05, 0.1) is 4.47 Å². The molecule has 3 nitrogen and oxygen atoms in total. The molecule has 3 aromatic rings. The normalized spacial score (nSPS) is 12.8. The summed E-state index contributed by atoms with van der Waals surface area (Å²) < 4.78 is 19.9. The molecule has 3 N–H and O–H groups in total. The SMILES string of the molecule is Cc1ccc2oc(C(NN)c3ccc(Br)c(F)c3)cc2c1. The lowest BCUT2D eigenvalue weighted by Gasteiger charge is -2.14. The van der Waals surface area contributed by atoms with Gasteiger partial charge >= 0.3 is 0 Å². The zero-order chi connectivity index (χ0) is 15.0. The van der Waals surface area contributed by atoms with Crippen molar-refractivity contribution in [3.05, 3.63) is 69.6 Å². The van der Waals surface area contributed by atoms with Gasteiger partial charge in [0.2, 0.25) is 0 Å². The standard InChI is InChI=1S/C16H14BrFN2O/c1-9-2-5-14-11(6-9)8-15(21-14)16(20-19)10-3-4-12(17)13(18)7-10/h2-8,16,20H,19H2,1H3. The Morgan fingerprint density at radius 2 is 2.00 bits per heavy atom. The van der Waals surface area contributed by atoms with Crippen molar-refractivity contribution in [1.29, 1.82) is 0 Å². The van der Waals surface area contributed by atoms with Gasteiger partial charge in [0, 0.05) is 5.39 Å². The van der Waals surface area contributed by atoms with Gasteiger partial charge in [0.15, 0.2) is 0 Å². The van der Waals surface area contributed by atoms with Crippen LogP contribution in [0.5, 0.6) is 0 Å². The van der Waals surface area contributed by atoms with Gasteiger partial charge in [-0.05, 0) is 58.7 Å². The van der Waals surface area contributed by atoms with Crippen molar-refractivity contribution in [2.45, 2.75) is 13.0 Å². The molecule has 0 amide bonds. The highest BCUT2D eigenvalue weighted by molar-refractivity contribution is 9.10. The summed E-state index contributed by atoms with van der Waals surface area (Å²) in [5.74, 6) is 5.95. The van der Waals surface area contributed by atoms with Crippen LogP contribution in [0, 0.1) is 12.7 Å². The van der Waals surface area contributed by atoms with E-state index in [-0.39, 0.29) is 5.82 Å². The van der Waals surface area contributed by atoms with Crippen molar-refractivity contribution in [3.63, 3.8) is 0 Å². The summed E-state index contributed by atoms with van der Waals surface area (Å²) in [4.78, 5) is 0. The second-order valence-electron chi connectivity index (χ2n) is 4.96. The number of fused-ring (bicyclic) bond motifs is 1. The predicted octanol–water partition coefficient (Wildman–Crippen LogP) is 4.20. The van der Waals surface area contributed by atoms with E-state index in [2.05, 4.69) is 21.4 Å². The molecule has 5 heteroatoms. The molecular weight excluding hydrogens is 335 g/mol. The first-order chi connectivity index (χ1) is 10.1. The number of benzene rings is 2. The van der Waals surface area contributed by atoms with Crippen LogP contribution in [-0.2, 0) is 0 Å². The van der Waals surface area contributed by atoms with E-state index in [1.165, 1.54) is 6.07 Å². The van der Waals surface area contributed by atoms with E-state index in [9.17, 15) is 4.39 Å². The molecule has 0 bridgehead atoms. The fourth-order valence-electron chi connectivity index (χ4n) is 2.36. The van der Waals surface area contributed by atoms with Gasteiger partial charge in [-0.1, -0.05) is 17.7 Å². The second kappa shape index (κ2) is 5.60. The maximum atomic E-state index is 13.7. The first-order valence-corrected chi connectivity index (χ1v) is 7.29. The van der Waals surface area contributed by atoms with Crippen LogP contribution in [0.15, 0.2) is 51.4 Å². The summed E-state index contributed by atoms with van der Waals surface area (Å²) in [5.41, 5.74) is 5.32. The number of aryl methyl sites for hydroxylation is 1. The van der Waals surface area contributed by atoms with Gasteiger partial charge in [0.25, 0.3) is 0 Å². The molecule has 108 valence electrons. The topological polar surface area (TPSA) is 51.2 Å². The number of hydrogen-bond acceptors (Lipinski definition) is 3. The smallest absolute Gasteiger partial charge is 0.137 e. The third-order valence-electron chi connectivity index (χ3n) is 3.42. The van der Waals surface area contributed by atoms with E-state index in [0.717, 1.165) is 16.5 Å². The Morgan fingerprint density at radius 1 is 1.19 bits per heavy atom. The third kappa shape index (κ3) is 2.72.